The van der Waals surface area contributed by atoms with E-state index in [0.29, 0.717) is 24.0 Å². The van der Waals surface area contributed by atoms with E-state index >= 15 is 0 Å². The highest BCUT2D eigenvalue weighted by molar-refractivity contribution is 5.95. The summed E-state index contributed by atoms with van der Waals surface area (Å²) in [6, 6.07) is 1.63. The summed E-state index contributed by atoms with van der Waals surface area (Å²) in [6.45, 7) is 2.81. The second-order valence-electron chi connectivity index (χ2n) is 6.26. The maximum atomic E-state index is 12.8. The maximum absolute atomic E-state index is 12.8. The molecule has 1 amide bonds. The molecule has 0 radical (unpaired) electrons. The Balaban J connectivity index is 2.20. The van der Waals surface area contributed by atoms with Gasteiger partial charge in [0.15, 0.2) is 0 Å². The number of hydrogen-bond donors (Lipinski definition) is 1. The second-order valence-corrected chi connectivity index (χ2v) is 6.26. The van der Waals surface area contributed by atoms with Crippen molar-refractivity contribution in [2.24, 2.45) is 19.8 Å². The number of hydrogen-bond acceptors (Lipinski definition) is 5. The summed E-state index contributed by atoms with van der Waals surface area (Å²) in [4.78, 5) is 43.3. The van der Waals surface area contributed by atoms with Crippen molar-refractivity contribution < 1.29 is 4.79 Å². The van der Waals surface area contributed by atoms with E-state index in [0.717, 1.165) is 17.4 Å². The first kappa shape index (κ1) is 16.4. The summed E-state index contributed by atoms with van der Waals surface area (Å²) in [5.41, 5.74) is 5.96. The maximum Gasteiger partial charge on any atom is 0.332 e. The minimum absolute atomic E-state index is 0.0164. The first-order valence-corrected chi connectivity index (χ1v) is 7.95. The van der Waals surface area contributed by atoms with Crippen LogP contribution in [0.5, 0.6) is 0 Å². The van der Waals surface area contributed by atoms with E-state index in [2.05, 4.69) is 4.98 Å². The minimum atomic E-state index is -0.468. The van der Waals surface area contributed by atoms with Crippen LogP contribution in [0.15, 0.2) is 15.7 Å². The fraction of sp³-hybridized carbons (Fsp3) is 0.500. The summed E-state index contributed by atoms with van der Waals surface area (Å²) in [5, 5.41) is 0.355. The van der Waals surface area contributed by atoms with Gasteiger partial charge in [0.2, 0.25) is 0 Å². The number of carbonyl (C=O) groups excluding carboxylic acids is 1. The Morgan fingerprint density at radius 3 is 2.71 bits per heavy atom. The van der Waals surface area contributed by atoms with Gasteiger partial charge in [-0.05, 0) is 31.4 Å². The topological polar surface area (TPSA) is 103 Å². The van der Waals surface area contributed by atoms with Crippen LogP contribution in [0.1, 0.15) is 28.9 Å². The Kier molecular flexibility index (Phi) is 4.00. The van der Waals surface area contributed by atoms with Crippen LogP contribution in [-0.4, -0.2) is 44.1 Å². The van der Waals surface area contributed by atoms with Crippen molar-refractivity contribution in [2.75, 3.05) is 13.1 Å². The number of rotatable bonds is 2. The van der Waals surface area contributed by atoms with Gasteiger partial charge in [-0.3, -0.25) is 18.7 Å². The van der Waals surface area contributed by atoms with E-state index in [1.807, 2.05) is 0 Å². The van der Waals surface area contributed by atoms with Crippen molar-refractivity contribution >= 4 is 16.9 Å². The first-order chi connectivity index (χ1) is 11.4. The van der Waals surface area contributed by atoms with Crippen molar-refractivity contribution in [1.29, 1.82) is 0 Å². The average Bonchev–Trinajstić information content (AvgIpc) is 3.05. The largest absolute Gasteiger partial charge is 0.333 e. The lowest BCUT2D eigenvalue weighted by atomic mass is 10.1. The van der Waals surface area contributed by atoms with Crippen molar-refractivity contribution in [3.63, 3.8) is 0 Å². The smallest absolute Gasteiger partial charge is 0.332 e. The average molecular weight is 331 g/mol. The zero-order chi connectivity index (χ0) is 17.6. The molecule has 2 aromatic rings. The molecule has 0 aromatic carbocycles. The van der Waals surface area contributed by atoms with Crippen molar-refractivity contribution in [3.05, 3.63) is 38.2 Å². The summed E-state index contributed by atoms with van der Waals surface area (Å²) in [7, 11) is 2.97. The lowest BCUT2D eigenvalue weighted by Gasteiger charge is -2.23. The van der Waals surface area contributed by atoms with Crippen LogP contribution in [0.4, 0.5) is 0 Å². The molecule has 8 nitrogen and oxygen atoms in total. The third-order valence-corrected chi connectivity index (χ3v) is 4.74. The van der Waals surface area contributed by atoms with Gasteiger partial charge in [-0.1, -0.05) is 0 Å². The van der Waals surface area contributed by atoms with Crippen LogP contribution in [0, 0.1) is 6.92 Å². The molecule has 0 aliphatic carbocycles. The van der Waals surface area contributed by atoms with Gasteiger partial charge in [-0.25, -0.2) is 9.78 Å². The highest BCUT2D eigenvalue weighted by Gasteiger charge is 2.29. The standard InChI is InChI=1S/C16H21N5O3/c1-9-7-11(14(22)21-6-4-5-10(21)8-17)18-13-12(9)15(23)20(3)16(24)19(13)2/h7,10H,4-6,8,17H2,1-3H3. The molecule has 0 saturated carbocycles. The normalized spacial score (nSPS) is 17.7. The molecule has 1 unspecified atom stereocenters. The summed E-state index contributed by atoms with van der Waals surface area (Å²) in [5.74, 6) is -0.207. The molecule has 8 heteroatoms. The van der Waals surface area contributed by atoms with E-state index in [9.17, 15) is 14.4 Å². The van der Waals surface area contributed by atoms with Gasteiger partial charge in [0.05, 0.1) is 5.39 Å². The van der Waals surface area contributed by atoms with E-state index < -0.39 is 11.2 Å². The summed E-state index contributed by atoms with van der Waals surface area (Å²) >= 11 is 0. The highest BCUT2D eigenvalue weighted by atomic mass is 16.2. The number of nitrogens with zero attached hydrogens (tertiary/aromatic N) is 4. The number of fused-ring (bicyclic) bond motifs is 1. The Labute approximate surface area is 138 Å². The van der Waals surface area contributed by atoms with Crippen LogP contribution in [0.3, 0.4) is 0 Å². The van der Waals surface area contributed by atoms with E-state index in [4.69, 9.17) is 5.73 Å². The molecular weight excluding hydrogens is 310 g/mol. The number of amides is 1. The van der Waals surface area contributed by atoms with E-state index in [1.165, 1.54) is 11.6 Å². The molecule has 24 heavy (non-hydrogen) atoms. The number of carbonyl (C=O) groups is 1. The fourth-order valence-corrected chi connectivity index (χ4v) is 3.34. The molecule has 0 bridgehead atoms. The number of nitrogens with two attached hydrogens (primary N) is 1. The van der Waals surface area contributed by atoms with Crippen LogP contribution < -0.4 is 17.0 Å². The van der Waals surface area contributed by atoms with E-state index in [-0.39, 0.29) is 23.3 Å². The lowest BCUT2D eigenvalue weighted by Crippen LogP contribution is -2.41. The Morgan fingerprint density at radius 2 is 2.04 bits per heavy atom. The molecule has 1 fully saturated rings. The van der Waals surface area contributed by atoms with E-state index in [1.54, 1.807) is 24.9 Å². The monoisotopic (exact) mass is 331 g/mol. The van der Waals surface area contributed by atoms with Gasteiger partial charge < -0.3 is 10.6 Å². The predicted molar refractivity (Wildman–Crippen MR) is 90.1 cm³/mol. The molecule has 1 aliphatic rings. The van der Waals surface area contributed by atoms with Crippen molar-refractivity contribution in [3.8, 4) is 0 Å². The van der Waals surface area contributed by atoms with Gasteiger partial charge in [0, 0.05) is 33.2 Å². The number of aromatic nitrogens is 3. The summed E-state index contributed by atoms with van der Waals surface area (Å²) < 4.78 is 2.34. The third kappa shape index (κ3) is 2.34. The molecule has 2 N–H and O–H groups in total. The number of likely N-dealkylation sites (tertiary alicyclic amines) is 1. The molecule has 1 atom stereocenters. The molecule has 3 rings (SSSR count). The van der Waals surface area contributed by atoms with Gasteiger partial charge in [0.25, 0.3) is 11.5 Å². The van der Waals surface area contributed by atoms with Crippen LogP contribution in [-0.2, 0) is 14.1 Å². The van der Waals surface area contributed by atoms with Gasteiger partial charge >= 0.3 is 5.69 Å². The van der Waals surface area contributed by atoms with Crippen LogP contribution in [0.25, 0.3) is 11.0 Å². The van der Waals surface area contributed by atoms with Crippen molar-refractivity contribution in [2.45, 2.75) is 25.8 Å². The third-order valence-electron chi connectivity index (χ3n) is 4.74. The number of aryl methyl sites for hydroxylation is 2. The fourth-order valence-electron chi connectivity index (χ4n) is 3.34. The SMILES string of the molecule is Cc1cc(C(=O)N2CCCC2CN)nc2c1c(=O)n(C)c(=O)n2C. The Morgan fingerprint density at radius 1 is 1.33 bits per heavy atom. The molecule has 1 aliphatic heterocycles. The zero-order valence-electron chi connectivity index (χ0n) is 14.1. The zero-order valence-corrected chi connectivity index (χ0v) is 14.1. The molecule has 3 heterocycles. The quantitative estimate of drug-likeness (QED) is 0.799. The molecule has 0 spiro atoms. The Bertz CT molecular complexity index is 943. The Hall–Kier alpha value is -2.48. The van der Waals surface area contributed by atoms with Gasteiger partial charge in [0.1, 0.15) is 11.3 Å². The molecular formula is C16H21N5O3. The molecule has 128 valence electrons. The summed E-state index contributed by atoms with van der Waals surface area (Å²) in [6.07, 6.45) is 1.80. The van der Waals surface area contributed by atoms with Gasteiger partial charge in [-0.2, -0.15) is 0 Å². The van der Waals surface area contributed by atoms with Crippen LogP contribution in [0.2, 0.25) is 0 Å². The second kappa shape index (κ2) is 5.86. The predicted octanol–water partition coefficient (Wildman–Crippen LogP) is -0.496. The lowest BCUT2D eigenvalue weighted by molar-refractivity contribution is 0.0735. The van der Waals surface area contributed by atoms with Crippen LogP contribution >= 0.6 is 0 Å². The molecule has 1 saturated heterocycles. The van der Waals surface area contributed by atoms with Gasteiger partial charge in [-0.15, -0.1) is 0 Å². The first-order valence-electron chi connectivity index (χ1n) is 7.95. The molecule has 2 aromatic heterocycles. The number of pyridine rings is 1. The van der Waals surface area contributed by atoms with Crippen molar-refractivity contribution in [1.82, 2.24) is 19.0 Å². The highest BCUT2D eigenvalue weighted by Crippen LogP contribution is 2.20. The minimum Gasteiger partial charge on any atom is -0.333 e.